The van der Waals surface area contributed by atoms with Crippen molar-refractivity contribution in [3.05, 3.63) is 0 Å². The van der Waals surface area contributed by atoms with Gasteiger partial charge in [-0.2, -0.15) is 0 Å². The lowest BCUT2D eigenvalue weighted by atomic mass is 10.0. The standard InChI is InChI=1S/C15H27Cl3O5/c1-11(12(20)21-10-15(16,17)18)23-14(4,5)7-9-22-13(2,3)6-8-19/h11,19H,6-10H2,1-5H3. The Labute approximate surface area is 153 Å². The summed E-state index contributed by atoms with van der Waals surface area (Å²) >= 11 is 16.6. The smallest absolute Gasteiger partial charge is 0.335 e. The van der Waals surface area contributed by atoms with Crippen molar-refractivity contribution in [1.29, 1.82) is 0 Å². The summed E-state index contributed by atoms with van der Waals surface area (Å²) in [5.74, 6) is -0.592. The van der Waals surface area contributed by atoms with Crippen molar-refractivity contribution >= 4 is 40.8 Å². The van der Waals surface area contributed by atoms with Gasteiger partial charge in [-0.1, -0.05) is 34.8 Å². The number of rotatable bonds is 10. The number of ether oxygens (including phenoxy) is 3. The number of halogens is 3. The van der Waals surface area contributed by atoms with Gasteiger partial charge in [0, 0.05) is 6.61 Å². The van der Waals surface area contributed by atoms with Gasteiger partial charge in [0.25, 0.3) is 0 Å². The maximum Gasteiger partial charge on any atom is 0.335 e. The summed E-state index contributed by atoms with van der Waals surface area (Å²) in [7, 11) is 0. The number of alkyl halides is 3. The van der Waals surface area contributed by atoms with Crippen LogP contribution >= 0.6 is 34.8 Å². The van der Waals surface area contributed by atoms with E-state index in [1.165, 1.54) is 0 Å². The maximum atomic E-state index is 11.8. The number of aliphatic hydroxyl groups excluding tert-OH is 1. The van der Waals surface area contributed by atoms with Crippen molar-refractivity contribution in [1.82, 2.24) is 0 Å². The van der Waals surface area contributed by atoms with Crippen LogP contribution in [0.2, 0.25) is 0 Å². The van der Waals surface area contributed by atoms with Crippen LogP contribution in [-0.2, 0) is 19.0 Å². The van der Waals surface area contributed by atoms with Crippen LogP contribution in [0.5, 0.6) is 0 Å². The molecule has 0 spiro atoms. The Morgan fingerprint density at radius 1 is 1.09 bits per heavy atom. The average molecular weight is 394 g/mol. The van der Waals surface area contributed by atoms with Gasteiger partial charge in [0.05, 0.1) is 17.8 Å². The lowest BCUT2D eigenvalue weighted by Gasteiger charge is -2.31. The van der Waals surface area contributed by atoms with E-state index in [1.54, 1.807) is 6.92 Å². The highest BCUT2D eigenvalue weighted by atomic mass is 35.6. The summed E-state index contributed by atoms with van der Waals surface area (Å²) < 4.78 is 14.7. The van der Waals surface area contributed by atoms with Crippen molar-refractivity contribution in [3.8, 4) is 0 Å². The number of esters is 1. The van der Waals surface area contributed by atoms with Gasteiger partial charge < -0.3 is 19.3 Å². The van der Waals surface area contributed by atoms with E-state index in [0.29, 0.717) is 19.4 Å². The first-order chi connectivity index (χ1) is 10.3. The molecule has 8 heteroatoms. The fourth-order valence-corrected chi connectivity index (χ4v) is 1.93. The molecular formula is C15H27Cl3O5. The van der Waals surface area contributed by atoms with Gasteiger partial charge in [0.1, 0.15) is 6.61 Å². The summed E-state index contributed by atoms with van der Waals surface area (Å²) in [6, 6.07) is 0. The zero-order valence-corrected chi connectivity index (χ0v) is 16.6. The summed E-state index contributed by atoms with van der Waals surface area (Å²) in [6.07, 6.45) is 0.334. The number of hydrogen-bond acceptors (Lipinski definition) is 5. The number of aliphatic hydroxyl groups is 1. The van der Waals surface area contributed by atoms with Gasteiger partial charge in [-0.15, -0.1) is 0 Å². The average Bonchev–Trinajstić information content (AvgIpc) is 2.33. The van der Waals surface area contributed by atoms with E-state index < -0.39 is 27.1 Å². The quantitative estimate of drug-likeness (QED) is 0.453. The molecule has 0 saturated heterocycles. The first-order valence-electron chi connectivity index (χ1n) is 7.44. The molecule has 0 bridgehead atoms. The predicted octanol–water partition coefficient (Wildman–Crippen LogP) is 3.65. The van der Waals surface area contributed by atoms with Crippen LogP contribution in [0.15, 0.2) is 0 Å². The number of hydrogen-bond donors (Lipinski definition) is 1. The van der Waals surface area contributed by atoms with Crippen LogP contribution in [0.25, 0.3) is 0 Å². The van der Waals surface area contributed by atoms with Crippen LogP contribution in [-0.4, -0.2) is 52.0 Å². The van der Waals surface area contributed by atoms with Crippen molar-refractivity contribution in [3.63, 3.8) is 0 Å². The first kappa shape index (κ1) is 23.2. The molecule has 0 amide bonds. The molecule has 0 aromatic rings. The highest BCUT2D eigenvalue weighted by Gasteiger charge is 2.29. The Kier molecular flexibility index (Phi) is 9.73. The van der Waals surface area contributed by atoms with Crippen LogP contribution in [0.1, 0.15) is 47.5 Å². The minimum absolute atomic E-state index is 0.0684. The molecule has 0 aliphatic carbocycles. The zero-order valence-electron chi connectivity index (χ0n) is 14.3. The lowest BCUT2D eigenvalue weighted by molar-refractivity contribution is -0.168. The first-order valence-corrected chi connectivity index (χ1v) is 8.57. The monoisotopic (exact) mass is 392 g/mol. The second-order valence-electron chi connectivity index (χ2n) is 6.57. The maximum absolute atomic E-state index is 11.8. The van der Waals surface area contributed by atoms with Crippen LogP contribution in [0.4, 0.5) is 0 Å². The molecule has 1 atom stereocenters. The third-order valence-corrected chi connectivity index (χ3v) is 3.44. The summed E-state index contributed by atoms with van der Waals surface area (Å²) in [4.78, 5) is 11.8. The van der Waals surface area contributed by atoms with Crippen molar-refractivity contribution in [2.24, 2.45) is 0 Å². The van der Waals surface area contributed by atoms with Crippen LogP contribution < -0.4 is 0 Å². The second kappa shape index (κ2) is 9.64. The minimum Gasteiger partial charge on any atom is -0.459 e. The fourth-order valence-electron chi connectivity index (χ4n) is 1.77. The van der Waals surface area contributed by atoms with Gasteiger partial charge in [-0.25, -0.2) is 4.79 Å². The molecule has 0 fully saturated rings. The molecule has 0 rings (SSSR count). The van der Waals surface area contributed by atoms with E-state index in [-0.39, 0.29) is 13.2 Å². The zero-order chi connectivity index (χ0) is 18.3. The van der Waals surface area contributed by atoms with E-state index >= 15 is 0 Å². The highest BCUT2D eigenvalue weighted by Crippen LogP contribution is 2.26. The Balaban J connectivity index is 4.26. The molecule has 23 heavy (non-hydrogen) atoms. The molecule has 0 radical (unpaired) electrons. The van der Waals surface area contributed by atoms with Gasteiger partial charge in [0.2, 0.25) is 3.79 Å². The number of carbonyl (C=O) groups excluding carboxylic acids is 1. The van der Waals surface area contributed by atoms with Crippen molar-refractivity contribution in [2.45, 2.75) is 68.6 Å². The number of carbonyl (C=O) groups is 1. The molecule has 0 saturated carbocycles. The van der Waals surface area contributed by atoms with Crippen molar-refractivity contribution in [2.75, 3.05) is 19.8 Å². The van der Waals surface area contributed by atoms with E-state index in [9.17, 15) is 4.79 Å². The molecule has 5 nitrogen and oxygen atoms in total. The Hall–Kier alpha value is 0.220. The molecule has 0 aromatic carbocycles. The highest BCUT2D eigenvalue weighted by molar-refractivity contribution is 6.67. The van der Waals surface area contributed by atoms with E-state index in [4.69, 9.17) is 54.1 Å². The van der Waals surface area contributed by atoms with Crippen LogP contribution in [0.3, 0.4) is 0 Å². The fraction of sp³-hybridized carbons (Fsp3) is 0.933. The van der Waals surface area contributed by atoms with Crippen LogP contribution in [0, 0.1) is 0 Å². The molecule has 0 aliphatic heterocycles. The normalized spacial score (nSPS) is 14.7. The minimum atomic E-state index is -1.64. The third-order valence-electron chi connectivity index (χ3n) is 3.12. The predicted molar refractivity (Wildman–Crippen MR) is 92.2 cm³/mol. The summed E-state index contributed by atoms with van der Waals surface area (Å²) in [5, 5.41) is 8.96. The molecule has 0 aromatic heterocycles. The lowest BCUT2D eigenvalue weighted by Crippen LogP contribution is -2.37. The van der Waals surface area contributed by atoms with E-state index in [0.717, 1.165) is 0 Å². The van der Waals surface area contributed by atoms with Gasteiger partial charge in [-0.05, 0) is 47.5 Å². The summed E-state index contributed by atoms with van der Waals surface area (Å²) in [6.45, 7) is 9.29. The molecule has 1 unspecified atom stereocenters. The second-order valence-corrected chi connectivity index (χ2v) is 9.09. The Bertz CT molecular complexity index is 367. The third kappa shape index (κ3) is 12.3. The van der Waals surface area contributed by atoms with Crippen molar-refractivity contribution < 1.29 is 24.1 Å². The van der Waals surface area contributed by atoms with E-state index in [1.807, 2.05) is 27.7 Å². The summed E-state index contributed by atoms with van der Waals surface area (Å²) in [5.41, 5.74) is -0.993. The molecule has 0 aliphatic rings. The SMILES string of the molecule is CC(OC(C)(C)CCOC(C)(C)CCO)C(=O)OCC(Cl)(Cl)Cl. The molecule has 0 heterocycles. The Morgan fingerprint density at radius 2 is 1.65 bits per heavy atom. The van der Waals surface area contributed by atoms with Gasteiger partial charge in [-0.3, -0.25) is 0 Å². The topological polar surface area (TPSA) is 65.0 Å². The van der Waals surface area contributed by atoms with Gasteiger partial charge >= 0.3 is 5.97 Å². The Morgan fingerprint density at radius 3 is 2.13 bits per heavy atom. The largest absolute Gasteiger partial charge is 0.459 e. The van der Waals surface area contributed by atoms with Gasteiger partial charge in [0.15, 0.2) is 6.10 Å². The molecular weight excluding hydrogens is 367 g/mol. The van der Waals surface area contributed by atoms with E-state index in [2.05, 4.69) is 0 Å². The molecule has 138 valence electrons. The molecule has 1 N–H and O–H groups in total.